The third-order valence-electron chi connectivity index (χ3n) is 2.16. The molecule has 0 bridgehead atoms. The first-order chi connectivity index (χ1) is 6.75. The molecule has 0 atom stereocenters. The summed E-state index contributed by atoms with van der Waals surface area (Å²) in [6.45, 7) is 0. The van der Waals surface area contributed by atoms with Gasteiger partial charge in [-0.25, -0.2) is 9.97 Å². The molecule has 1 saturated carbocycles. The zero-order chi connectivity index (χ0) is 9.97. The predicted octanol–water partition coefficient (Wildman–Crippen LogP) is 0.797. The van der Waals surface area contributed by atoms with Crippen LogP contribution in [0.3, 0.4) is 0 Å². The van der Waals surface area contributed by atoms with Gasteiger partial charge in [-0.05, 0) is 18.8 Å². The highest BCUT2D eigenvalue weighted by Gasteiger charge is 2.24. The van der Waals surface area contributed by atoms with Crippen molar-refractivity contribution in [2.75, 3.05) is 11.1 Å². The van der Waals surface area contributed by atoms with Crippen molar-refractivity contribution in [1.82, 2.24) is 9.97 Å². The molecule has 0 spiro atoms. The first kappa shape index (κ1) is 8.93. The fraction of sp³-hybridized carbons (Fsp3) is 0.444. The molecule has 1 aromatic rings. The second kappa shape index (κ2) is 3.61. The van der Waals surface area contributed by atoms with E-state index in [2.05, 4.69) is 15.3 Å². The third kappa shape index (κ3) is 2.18. The van der Waals surface area contributed by atoms with Crippen LogP contribution in [0.2, 0.25) is 0 Å². The summed E-state index contributed by atoms with van der Waals surface area (Å²) in [5.74, 6) is 1.15. The van der Waals surface area contributed by atoms with Gasteiger partial charge in [0.25, 0.3) is 0 Å². The van der Waals surface area contributed by atoms with Crippen molar-refractivity contribution in [3.63, 3.8) is 0 Å². The van der Waals surface area contributed by atoms with Crippen molar-refractivity contribution >= 4 is 17.5 Å². The molecule has 1 amide bonds. The number of nitrogen functional groups attached to an aromatic ring is 1. The summed E-state index contributed by atoms with van der Waals surface area (Å²) in [5, 5.41) is 2.64. The summed E-state index contributed by atoms with van der Waals surface area (Å²) in [5.41, 5.74) is 5.53. The lowest BCUT2D eigenvalue weighted by molar-refractivity contribution is -0.116. The molecule has 2 rings (SSSR count). The highest BCUT2D eigenvalue weighted by atomic mass is 16.1. The molecule has 1 aromatic heterocycles. The zero-order valence-electron chi connectivity index (χ0n) is 7.73. The Hall–Kier alpha value is -1.65. The number of hydrogen-bond donors (Lipinski definition) is 2. The van der Waals surface area contributed by atoms with Crippen molar-refractivity contribution in [2.45, 2.75) is 19.3 Å². The van der Waals surface area contributed by atoms with Crippen LogP contribution in [-0.4, -0.2) is 15.9 Å². The van der Waals surface area contributed by atoms with E-state index >= 15 is 0 Å². The van der Waals surface area contributed by atoms with Crippen LogP contribution in [-0.2, 0) is 4.79 Å². The van der Waals surface area contributed by atoms with Crippen LogP contribution in [0.25, 0.3) is 0 Å². The highest BCUT2D eigenvalue weighted by molar-refractivity contribution is 5.92. The lowest BCUT2D eigenvalue weighted by atomic mass is 10.3. The number of carbonyl (C=O) groups is 1. The molecule has 1 heterocycles. The number of amides is 1. The first-order valence-electron chi connectivity index (χ1n) is 4.62. The molecule has 1 aliphatic rings. The van der Waals surface area contributed by atoms with Crippen LogP contribution in [0, 0.1) is 5.92 Å². The SMILES string of the molecule is Nc1nccnc1NC(=O)CC1CC1. The van der Waals surface area contributed by atoms with Gasteiger partial charge in [0.05, 0.1) is 0 Å². The van der Waals surface area contributed by atoms with Gasteiger partial charge >= 0.3 is 0 Å². The molecule has 3 N–H and O–H groups in total. The Balaban J connectivity index is 1.95. The van der Waals surface area contributed by atoms with Gasteiger partial charge in [-0.15, -0.1) is 0 Å². The van der Waals surface area contributed by atoms with Crippen molar-refractivity contribution < 1.29 is 4.79 Å². The normalized spacial score (nSPS) is 15.1. The summed E-state index contributed by atoms with van der Waals surface area (Å²) >= 11 is 0. The minimum Gasteiger partial charge on any atom is -0.381 e. The molecule has 0 aliphatic heterocycles. The average molecular weight is 192 g/mol. The monoisotopic (exact) mass is 192 g/mol. The van der Waals surface area contributed by atoms with Crippen LogP contribution in [0.5, 0.6) is 0 Å². The lowest BCUT2D eigenvalue weighted by Crippen LogP contribution is -2.14. The molecule has 5 nitrogen and oxygen atoms in total. The van der Waals surface area contributed by atoms with Gasteiger partial charge in [-0.1, -0.05) is 0 Å². The number of aromatic nitrogens is 2. The number of nitrogens with one attached hydrogen (secondary N) is 1. The molecule has 0 radical (unpaired) electrons. The van der Waals surface area contributed by atoms with E-state index in [0.717, 1.165) is 12.8 Å². The van der Waals surface area contributed by atoms with Gasteiger partial charge < -0.3 is 11.1 Å². The standard InChI is InChI=1S/C9H12N4O/c10-8-9(12-4-3-11-8)13-7(14)5-6-1-2-6/h3-4,6H,1-2,5H2,(H2,10,11)(H,12,13,14). The minimum absolute atomic E-state index is 0.0281. The Morgan fingerprint density at radius 1 is 1.50 bits per heavy atom. The van der Waals surface area contributed by atoms with E-state index in [1.807, 2.05) is 0 Å². The largest absolute Gasteiger partial charge is 0.381 e. The quantitative estimate of drug-likeness (QED) is 0.742. The summed E-state index contributed by atoms with van der Waals surface area (Å²) < 4.78 is 0. The minimum atomic E-state index is -0.0281. The number of anilines is 2. The van der Waals surface area contributed by atoms with E-state index in [1.165, 1.54) is 12.4 Å². The maximum atomic E-state index is 11.4. The second-order valence-electron chi connectivity index (χ2n) is 3.49. The first-order valence-corrected chi connectivity index (χ1v) is 4.62. The number of nitrogens with zero attached hydrogens (tertiary/aromatic N) is 2. The Morgan fingerprint density at radius 2 is 2.21 bits per heavy atom. The van der Waals surface area contributed by atoms with Crippen molar-refractivity contribution in [3.8, 4) is 0 Å². The Labute approximate surface area is 81.7 Å². The lowest BCUT2D eigenvalue weighted by Gasteiger charge is -2.04. The fourth-order valence-electron chi connectivity index (χ4n) is 1.21. The maximum absolute atomic E-state index is 11.4. The van der Waals surface area contributed by atoms with E-state index < -0.39 is 0 Å². The number of nitrogens with two attached hydrogens (primary N) is 1. The zero-order valence-corrected chi connectivity index (χ0v) is 7.73. The Bertz CT molecular complexity index is 348. The summed E-state index contributed by atoms with van der Waals surface area (Å²) in [4.78, 5) is 19.1. The molecule has 0 aromatic carbocycles. The summed E-state index contributed by atoms with van der Waals surface area (Å²) in [6, 6.07) is 0. The van der Waals surface area contributed by atoms with E-state index in [4.69, 9.17) is 5.73 Å². The molecule has 1 aliphatic carbocycles. The van der Waals surface area contributed by atoms with Crippen molar-refractivity contribution in [3.05, 3.63) is 12.4 Å². The van der Waals surface area contributed by atoms with E-state index in [0.29, 0.717) is 18.2 Å². The molecule has 0 saturated heterocycles. The summed E-state index contributed by atoms with van der Waals surface area (Å²) in [6.07, 6.45) is 5.87. The Kier molecular flexibility index (Phi) is 2.30. The van der Waals surface area contributed by atoms with Crippen LogP contribution in [0.15, 0.2) is 12.4 Å². The van der Waals surface area contributed by atoms with Gasteiger partial charge in [0.2, 0.25) is 5.91 Å². The third-order valence-corrected chi connectivity index (χ3v) is 2.16. The topological polar surface area (TPSA) is 80.9 Å². The smallest absolute Gasteiger partial charge is 0.225 e. The molecule has 0 unspecified atom stereocenters. The van der Waals surface area contributed by atoms with Crippen molar-refractivity contribution in [2.24, 2.45) is 5.92 Å². The van der Waals surface area contributed by atoms with Gasteiger partial charge in [-0.3, -0.25) is 4.79 Å². The van der Waals surface area contributed by atoms with Crippen LogP contribution < -0.4 is 11.1 Å². The molecule has 14 heavy (non-hydrogen) atoms. The highest BCUT2D eigenvalue weighted by Crippen LogP contribution is 2.32. The van der Waals surface area contributed by atoms with E-state index in [9.17, 15) is 4.79 Å². The van der Waals surface area contributed by atoms with E-state index in [1.54, 1.807) is 0 Å². The van der Waals surface area contributed by atoms with Gasteiger partial charge in [0.15, 0.2) is 11.6 Å². The molecule has 74 valence electrons. The van der Waals surface area contributed by atoms with Gasteiger partial charge in [-0.2, -0.15) is 0 Å². The fourth-order valence-corrected chi connectivity index (χ4v) is 1.21. The predicted molar refractivity (Wildman–Crippen MR) is 52.4 cm³/mol. The molecular weight excluding hydrogens is 180 g/mol. The van der Waals surface area contributed by atoms with Gasteiger partial charge in [0.1, 0.15) is 0 Å². The van der Waals surface area contributed by atoms with Crippen molar-refractivity contribution in [1.29, 1.82) is 0 Å². The maximum Gasteiger partial charge on any atom is 0.225 e. The van der Waals surface area contributed by atoms with Gasteiger partial charge in [0, 0.05) is 18.8 Å². The molecule has 1 fully saturated rings. The number of carbonyl (C=O) groups excluding carboxylic acids is 1. The second-order valence-corrected chi connectivity index (χ2v) is 3.49. The molecular formula is C9H12N4O. The van der Waals surface area contributed by atoms with E-state index in [-0.39, 0.29) is 11.7 Å². The molecule has 5 heteroatoms. The Morgan fingerprint density at radius 3 is 2.86 bits per heavy atom. The van der Waals surface area contributed by atoms with Crippen LogP contribution in [0.4, 0.5) is 11.6 Å². The van der Waals surface area contributed by atoms with Crippen LogP contribution >= 0.6 is 0 Å². The number of hydrogen-bond acceptors (Lipinski definition) is 4. The summed E-state index contributed by atoms with van der Waals surface area (Å²) in [7, 11) is 0. The average Bonchev–Trinajstić information content (AvgIpc) is 2.93. The van der Waals surface area contributed by atoms with Crippen LogP contribution in [0.1, 0.15) is 19.3 Å². The number of rotatable bonds is 3.